The maximum absolute atomic E-state index is 11.9. The molecule has 0 aliphatic heterocycles. The molecule has 1 saturated carbocycles. The molecule has 0 spiro atoms. The van der Waals surface area contributed by atoms with Crippen molar-refractivity contribution in [3.05, 3.63) is 35.2 Å². The molecule has 0 bridgehead atoms. The van der Waals surface area contributed by atoms with Gasteiger partial charge in [0.25, 0.3) is 5.91 Å². The molecule has 0 saturated heterocycles. The molecule has 0 radical (unpaired) electrons. The summed E-state index contributed by atoms with van der Waals surface area (Å²) in [6, 6.07) is 5.18. The average Bonchev–Trinajstić information content (AvgIpc) is 2.68. The monoisotopic (exact) mass is 427 g/mol. The number of anilines is 3. The van der Waals surface area contributed by atoms with Crippen molar-refractivity contribution in [1.29, 1.82) is 0 Å². The van der Waals surface area contributed by atoms with Gasteiger partial charge in [-0.2, -0.15) is 0 Å². The van der Waals surface area contributed by atoms with Crippen molar-refractivity contribution in [3.63, 3.8) is 0 Å². The molecule has 10 heteroatoms. The lowest BCUT2D eigenvalue weighted by molar-refractivity contribution is 0.0995. The van der Waals surface area contributed by atoms with Crippen LogP contribution in [0.1, 0.15) is 67.2 Å². The van der Waals surface area contributed by atoms with Crippen LogP contribution in [0.15, 0.2) is 18.2 Å². The Morgan fingerprint density at radius 2 is 1.81 bits per heavy atom. The Morgan fingerprint density at radius 3 is 2.45 bits per heavy atom. The zero-order chi connectivity index (χ0) is 22.5. The highest BCUT2D eigenvalue weighted by Gasteiger charge is 2.27. The minimum absolute atomic E-state index is 0.00353. The highest BCUT2D eigenvalue weighted by molar-refractivity contribution is 5.97. The van der Waals surface area contributed by atoms with Gasteiger partial charge in [-0.25, -0.2) is 9.78 Å². The molecule has 2 aromatic rings. The van der Waals surface area contributed by atoms with Crippen LogP contribution in [0.25, 0.3) is 0 Å². The van der Waals surface area contributed by atoms with Crippen LogP contribution >= 0.6 is 0 Å². The Balaban J connectivity index is 1.87. The molecule has 6 N–H and O–H groups in total. The van der Waals surface area contributed by atoms with Crippen LogP contribution in [0.3, 0.4) is 0 Å². The summed E-state index contributed by atoms with van der Waals surface area (Å²) < 4.78 is 0. The fraction of sp³-hybridized carbons (Fsp3) is 0.476. The number of carbonyl (C=O) groups is 2. The van der Waals surface area contributed by atoms with E-state index in [1.165, 1.54) is 0 Å². The maximum atomic E-state index is 11.9. The summed E-state index contributed by atoms with van der Waals surface area (Å²) in [5.74, 6) is 0.539. The lowest BCUT2D eigenvalue weighted by atomic mass is 9.90. The number of rotatable bonds is 7. The van der Waals surface area contributed by atoms with Gasteiger partial charge in [0.05, 0.1) is 11.7 Å². The Labute approximate surface area is 181 Å². The molecule has 166 valence electrons. The van der Waals surface area contributed by atoms with Crippen molar-refractivity contribution < 1.29 is 14.7 Å². The van der Waals surface area contributed by atoms with Crippen LogP contribution < -0.4 is 21.7 Å². The molecule has 2 amide bonds. The van der Waals surface area contributed by atoms with Crippen LogP contribution in [0, 0.1) is 6.92 Å². The Bertz CT molecular complexity index is 964. The molecule has 1 aliphatic rings. The Kier molecular flexibility index (Phi) is 6.88. The average molecular weight is 428 g/mol. The van der Waals surface area contributed by atoms with Crippen molar-refractivity contribution in [2.24, 2.45) is 5.73 Å². The van der Waals surface area contributed by atoms with Gasteiger partial charge in [-0.3, -0.25) is 4.79 Å². The van der Waals surface area contributed by atoms with Crippen molar-refractivity contribution >= 4 is 29.3 Å². The maximum Gasteiger partial charge on any atom is 0.404 e. The van der Waals surface area contributed by atoms with Gasteiger partial charge in [0.15, 0.2) is 11.5 Å². The number of nitrogens with one attached hydrogen (secondary N) is 3. The van der Waals surface area contributed by atoms with Crippen LogP contribution in [0.2, 0.25) is 0 Å². The number of hydrogen-bond donors (Lipinski definition) is 5. The van der Waals surface area contributed by atoms with Gasteiger partial charge in [-0.1, -0.05) is 26.7 Å². The normalized spacial score (nSPS) is 18.5. The van der Waals surface area contributed by atoms with E-state index in [1.807, 2.05) is 19.1 Å². The first-order chi connectivity index (χ1) is 14.7. The molecule has 2 atom stereocenters. The number of amides is 2. The summed E-state index contributed by atoms with van der Waals surface area (Å²) in [6.45, 7) is 6.09. The second kappa shape index (κ2) is 9.59. The molecule has 1 aliphatic carbocycles. The van der Waals surface area contributed by atoms with Crippen LogP contribution in [-0.2, 0) is 0 Å². The number of nitrogens with two attached hydrogens (primary N) is 1. The predicted octanol–water partition coefficient (Wildman–Crippen LogP) is 3.14. The summed E-state index contributed by atoms with van der Waals surface area (Å²) in [4.78, 5) is 27.6. The molecular weight excluding hydrogens is 398 g/mol. The number of aromatic nitrogens is 3. The fourth-order valence-electron chi connectivity index (χ4n) is 3.76. The first kappa shape index (κ1) is 22.3. The second-order valence-corrected chi connectivity index (χ2v) is 8.18. The molecule has 10 nitrogen and oxygen atoms in total. The minimum atomic E-state index is -1.05. The van der Waals surface area contributed by atoms with Crippen molar-refractivity contribution in [3.8, 4) is 0 Å². The number of carboxylic acid groups (broad SMARTS) is 1. The number of pyridine rings is 1. The number of nitrogens with zero attached hydrogens (tertiary/aromatic N) is 3. The van der Waals surface area contributed by atoms with Crippen LogP contribution in [0.5, 0.6) is 0 Å². The molecule has 0 aromatic carbocycles. The van der Waals surface area contributed by atoms with Gasteiger partial charge in [0, 0.05) is 17.8 Å². The first-order valence-corrected chi connectivity index (χ1v) is 10.4. The summed E-state index contributed by atoms with van der Waals surface area (Å²) in [7, 11) is 0. The summed E-state index contributed by atoms with van der Waals surface area (Å²) >= 11 is 0. The van der Waals surface area contributed by atoms with Crippen LogP contribution in [-0.4, -0.2) is 44.4 Å². The van der Waals surface area contributed by atoms with Gasteiger partial charge in [-0.05, 0) is 43.4 Å². The fourth-order valence-corrected chi connectivity index (χ4v) is 3.76. The smallest absolute Gasteiger partial charge is 0.404 e. The highest BCUT2D eigenvalue weighted by atomic mass is 16.4. The van der Waals surface area contributed by atoms with Gasteiger partial charge >= 0.3 is 6.09 Å². The number of hydrogen-bond acceptors (Lipinski definition) is 7. The largest absolute Gasteiger partial charge is 0.465 e. The summed E-state index contributed by atoms with van der Waals surface area (Å²) in [6.07, 6.45) is 2.43. The van der Waals surface area contributed by atoms with Crippen molar-refractivity contribution in [1.82, 2.24) is 20.5 Å². The van der Waals surface area contributed by atoms with Crippen LogP contribution in [0.4, 0.5) is 22.1 Å². The topological polar surface area (TPSA) is 155 Å². The Morgan fingerprint density at radius 1 is 1.10 bits per heavy atom. The van der Waals surface area contributed by atoms with E-state index < -0.39 is 12.0 Å². The predicted molar refractivity (Wildman–Crippen MR) is 118 cm³/mol. The van der Waals surface area contributed by atoms with E-state index in [2.05, 4.69) is 45.0 Å². The van der Waals surface area contributed by atoms with E-state index in [1.54, 1.807) is 6.07 Å². The van der Waals surface area contributed by atoms with E-state index in [9.17, 15) is 9.59 Å². The van der Waals surface area contributed by atoms with Gasteiger partial charge in [0.1, 0.15) is 5.82 Å². The molecule has 2 unspecified atom stereocenters. The third kappa shape index (κ3) is 5.80. The molecule has 1 fully saturated rings. The van der Waals surface area contributed by atoms with Gasteiger partial charge in [0.2, 0.25) is 0 Å². The minimum Gasteiger partial charge on any atom is -0.465 e. The Hall–Kier alpha value is -3.43. The van der Waals surface area contributed by atoms with Crippen molar-refractivity contribution in [2.75, 3.05) is 10.6 Å². The molecular formula is C21H29N7O3. The zero-order valence-electron chi connectivity index (χ0n) is 18.0. The molecule has 2 heterocycles. The number of carbonyl (C=O) groups excluding carboxylic acids is 1. The number of primary amides is 1. The van der Waals surface area contributed by atoms with E-state index in [0.717, 1.165) is 36.9 Å². The highest BCUT2D eigenvalue weighted by Crippen LogP contribution is 2.26. The lowest BCUT2D eigenvalue weighted by Gasteiger charge is -2.32. The second-order valence-electron chi connectivity index (χ2n) is 8.18. The standard InChI is InChI=1S/C21H29N7O3/c1-11(2)15-8-12(3)9-17(24-15)25-16-10-18(27-28-19(16)20(22)29)23-13-6-4-5-7-14(13)26-21(30)31/h8-11,13-14,26H,4-7H2,1-3H3,(H2,22,29)(H,30,31)(H2,23,24,25,27). The van der Waals surface area contributed by atoms with Gasteiger partial charge < -0.3 is 26.8 Å². The quantitative estimate of drug-likeness (QED) is 0.451. The van der Waals surface area contributed by atoms with E-state index in [-0.39, 0.29) is 23.7 Å². The number of aryl methyl sites for hydroxylation is 1. The summed E-state index contributed by atoms with van der Waals surface area (Å²) in [5, 5.41) is 26.1. The van der Waals surface area contributed by atoms with Crippen molar-refractivity contribution in [2.45, 2.75) is 64.5 Å². The van der Waals surface area contributed by atoms with E-state index in [0.29, 0.717) is 17.3 Å². The third-order valence-corrected chi connectivity index (χ3v) is 5.28. The zero-order valence-corrected chi connectivity index (χ0v) is 18.0. The molecule has 3 rings (SSSR count). The SMILES string of the molecule is Cc1cc(Nc2cc(NC3CCCCC3NC(=O)O)nnc2C(N)=O)nc(C(C)C)c1. The van der Waals surface area contributed by atoms with E-state index in [4.69, 9.17) is 10.8 Å². The summed E-state index contributed by atoms with van der Waals surface area (Å²) in [5.41, 5.74) is 7.84. The molecule has 2 aromatic heterocycles. The lowest BCUT2D eigenvalue weighted by Crippen LogP contribution is -2.48. The first-order valence-electron chi connectivity index (χ1n) is 10.4. The van der Waals surface area contributed by atoms with Gasteiger partial charge in [-0.15, -0.1) is 10.2 Å². The molecule has 31 heavy (non-hydrogen) atoms. The van der Waals surface area contributed by atoms with E-state index >= 15 is 0 Å². The third-order valence-electron chi connectivity index (χ3n) is 5.28.